The van der Waals surface area contributed by atoms with Crippen molar-refractivity contribution in [1.82, 2.24) is 4.98 Å². The zero-order valence-electron chi connectivity index (χ0n) is 17.4. The van der Waals surface area contributed by atoms with Gasteiger partial charge in [0.05, 0.1) is 11.1 Å². The number of amides is 2. The normalized spacial score (nSPS) is 14.5. The Balaban J connectivity index is 1.44. The Morgan fingerprint density at radius 3 is 2.67 bits per heavy atom. The molecule has 0 saturated carbocycles. The molecule has 7 heteroatoms. The van der Waals surface area contributed by atoms with E-state index in [1.54, 1.807) is 11.9 Å². The van der Waals surface area contributed by atoms with E-state index in [9.17, 15) is 9.59 Å². The van der Waals surface area contributed by atoms with Gasteiger partial charge in [0.2, 0.25) is 5.91 Å². The van der Waals surface area contributed by atoms with Gasteiger partial charge in [0.25, 0.3) is 5.91 Å². The standard InChI is InChI=1S/C23H23N3O3S/c1-14-5-8-16(9-6-14)29-12-20(27)25-22-24-18(13-30-22)15-7-10-19-17(11-15)23(2,3)21(28)26(19)4/h5-11,13H,12H2,1-4H3,(H,24,25,27). The Hall–Kier alpha value is -3.19. The summed E-state index contributed by atoms with van der Waals surface area (Å²) in [5.41, 5.74) is 4.14. The number of thiazole rings is 1. The quantitative estimate of drug-likeness (QED) is 0.663. The molecule has 1 aliphatic rings. The van der Waals surface area contributed by atoms with Crippen molar-refractivity contribution >= 4 is 34.0 Å². The van der Waals surface area contributed by atoms with Gasteiger partial charge in [-0.2, -0.15) is 0 Å². The fraction of sp³-hybridized carbons (Fsp3) is 0.261. The van der Waals surface area contributed by atoms with Crippen LogP contribution in [0.25, 0.3) is 11.3 Å². The molecule has 1 aromatic heterocycles. The third-order valence-electron chi connectivity index (χ3n) is 5.31. The molecule has 2 aromatic carbocycles. The highest BCUT2D eigenvalue weighted by molar-refractivity contribution is 7.14. The molecule has 0 aliphatic carbocycles. The lowest BCUT2D eigenvalue weighted by Gasteiger charge is -2.16. The van der Waals surface area contributed by atoms with Gasteiger partial charge in [0.15, 0.2) is 11.7 Å². The van der Waals surface area contributed by atoms with Gasteiger partial charge in [-0.3, -0.25) is 14.9 Å². The van der Waals surface area contributed by atoms with Crippen LogP contribution in [-0.2, 0) is 15.0 Å². The van der Waals surface area contributed by atoms with Crippen LogP contribution in [0.15, 0.2) is 47.8 Å². The second-order valence-corrected chi connectivity index (χ2v) is 8.77. The molecule has 0 saturated heterocycles. The summed E-state index contributed by atoms with van der Waals surface area (Å²) in [5.74, 6) is 0.462. The van der Waals surface area contributed by atoms with Crippen LogP contribution in [-0.4, -0.2) is 30.5 Å². The van der Waals surface area contributed by atoms with Crippen molar-refractivity contribution in [3.63, 3.8) is 0 Å². The summed E-state index contributed by atoms with van der Waals surface area (Å²) in [7, 11) is 1.80. The van der Waals surface area contributed by atoms with Crippen LogP contribution in [0.2, 0.25) is 0 Å². The number of carbonyl (C=O) groups is 2. The summed E-state index contributed by atoms with van der Waals surface area (Å²) in [6.45, 7) is 5.78. The van der Waals surface area contributed by atoms with Crippen LogP contribution < -0.4 is 15.0 Å². The van der Waals surface area contributed by atoms with E-state index in [0.717, 1.165) is 28.1 Å². The third-order valence-corrected chi connectivity index (χ3v) is 6.07. The van der Waals surface area contributed by atoms with Crippen molar-refractivity contribution in [2.24, 2.45) is 0 Å². The molecule has 3 aromatic rings. The molecule has 6 nitrogen and oxygen atoms in total. The first-order chi connectivity index (χ1) is 14.3. The monoisotopic (exact) mass is 421 g/mol. The molecule has 1 aliphatic heterocycles. The molecule has 154 valence electrons. The van der Waals surface area contributed by atoms with E-state index in [1.165, 1.54) is 11.3 Å². The van der Waals surface area contributed by atoms with Gasteiger partial charge in [0, 0.05) is 23.7 Å². The Labute approximate surface area is 179 Å². The SMILES string of the molecule is Cc1ccc(OCC(=O)Nc2nc(-c3ccc4c(c3)C(C)(C)C(=O)N4C)cs2)cc1. The van der Waals surface area contributed by atoms with Gasteiger partial charge in [-0.25, -0.2) is 4.98 Å². The molecular formula is C23H23N3O3S. The maximum Gasteiger partial charge on any atom is 0.264 e. The molecule has 0 atom stereocenters. The first-order valence-electron chi connectivity index (χ1n) is 9.63. The lowest BCUT2D eigenvalue weighted by molar-refractivity contribution is -0.121. The summed E-state index contributed by atoms with van der Waals surface area (Å²) >= 11 is 1.35. The van der Waals surface area contributed by atoms with Gasteiger partial charge in [-0.1, -0.05) is 23.8 Å². The molecular weight excluding hydrogens is 398 g/mol. The zero-order valence-corrected chi connectivity index (χ0v) is 18.2. The van der Waals surface area contributed by atoms with Gasteiger partial charge in [0.1, 0.15) is 5.75 Å². The van der Waals surface area contributed by atoms with Crippen molar-refractivity contribution in [3.8, 4) is 17.0 Å². The van der Waals surface area contributed by atoms with Gasteiger partial charge < -0.3 is 9.64 Å². The lowest BCUT2D eigenvalue weighted by atomic mass is 9.85. The Morgan fingerprint density at radius 1 is 1.20 bits per heavy atom. The van der Waals surface area contributed by atoms with Crippen LogP contribution >= 0.6 is 11.3 Å². The first-order valence-corrected chi connectivity index (χ1v) is 10.5. The number of anilines is 2. The number of aryl methyl sites for hydroxylation is 1. The summed E-state index contributed by atoms with van der Waals surface area (Å²) in [6, 6.07) is 13.4. The maximum absolute atomic E-state index is 12.5. The number of hydrogen-bond donors (Lipinski definition) is 1. The predicted molar refractivity (Wildman–Crippen MR) is 119 cm³/mol. The van der Waals surface area contributed by atoms with E-state index in [0.29, 0.717) is 10.9 Å². The number of carbonyl (C=O) groups excluding carboxylic acids is 2. The summed E-state index contributed by atoms with van der Waals surface area (Å²) < 4.78 is 5.51. The molecule has 0 radical (unpaired) electrons. The topological polar surface area (TPSA) is 71.5 Å². The number of ether oxygens (including phenoxy) is 1. The van der Waals surface area contributed by atoms with Crippen molar-refractivity contribution < 1.29 is 14.3 Å². The van der Waals surface area contributed by atoms with Gasteiger partial charge in [-0.05, 0) is 50.6 Å². The highest BCUT2D eigenvalue weighted by Crippen LogP contribution is 2.42. The summed E-state index contributed by atoms with van der Waals surface area (Å²) in [5, 5.41) is 5.18. The van der Waals surface area contributed by atoms with Crippen molar-refractivity contribution in [1.29, 1.82) is 0 Å². The summed E-state index contributed by atoms with van der Waals surface area (Å²) in [4.78, 5) is 30.9. The highest BCUT2D eigenvalue weighted by Gasteiger charge is 2.42. The number of aromatic nitrogens is 1. The Kier molecular flexibility index (Phi) is 5.07. The van der Waals surface area contributed by atoms with Crippen LogP contribution in [0.3, 0.4) is 0 Å². The number of benzene rings is 2. The average Bonchev–Trinajstić information content (AvgIpc) is 3.25. The van der Waals surface area contributed by atoms with E-state index in [4.69, 9.17) is 4.74 Å². The van der Waals surface area contributed by atoms with E-state index in [-0.39, 0.29) is 18.4 Å². The minimum absolute atomic E-state index is 0.0782. The zero-order chi connectivity index (χ0) is 21.5. The molecule has 0 spiro atoms. The summed E-state index contributed by atoms with van der Waals surface area (Å²) in [6.07, 6.45) is 0. The largest absolute Gasteiger partial charge is 0.484 e. The average molecular weight is 422 g/mol. The van der Waals surface area contributed by atoms with Crippen molar-refractivity contribution in [3.05, 3.63) is 59.0 Å². The maximum atomic E-state index is 12.5. The van der Waals surface area contributed by atoms with E-state index in [2.05, 4.69) is 10.3 Å². The minimum Gasteiger partial charge on any atom is -0.484 e. The van der Waals surface area contributed by atoms with E-state index >= 15 is 0 Å². The molecule has 4 rings (SSSR count). The predicted octanol–water partition coefficient (Wildman–Crippen LogP) is 4.39. The van der Waals surface area contributed by atoms with Crippen LogP contribution in [0.1, 0.15) is 25.0 Å². The van der Waals surface area contributed by atoms with Crippen LogP contribution in [0.5, 0.6) is 5.75 Å². The second-order valence-electron chi connectivity index (χ2n) is 7.91. The fourth-order valence-corrected chi connectivity index (χ4v) is 4.27. The molecule has 2 heterocycles. The molecule has 1 N–H and O–H groups in total. The van der Waals surface area contributed by atoms with Gasteiger partial charge in [-0.15, -0.1) is 11.3 Å². The fourth-order valence-electron chi connectivity index (χ4n) is 3.53. The van der Waals surface area contributed by atoms with E-state index < -0.39 is 5.41 Å². The van der Waals surface area contributed by atoms with Crippen LogP contribution in [0, 0.1) is 6.92 Å². The molecule has 0 bridgehead atoms. The third kappa shape index (κ3) is 3.68. The van der Waals surface area contributed by atoms with Crippen LogP contribution in [0.4, 0.5) is 10.8 Å². The smallest absolute Gasteiger partial charge is 0.264 e. The highest BCUT2D eigenvalue weighted by atomic mass is 32.1. The minimum atomic E-state index is -0.569. The number of nitrogens with one attached hydrogen (secondary N) is 1. The van der Waals surface area contributed by atoms with Crippen molar-refractivity contribution in [2.45, 2.75) is 26.2 Å². The van der Waals surface area contributed by atoms with Gasteiger partial charge >= 0.3 is 0 Å². The molecule has 30 heavy (non-hydrogen) atoms. The molecule has 2 amide bonds. The number of nitrogens with zero attached hydrogens (tertiary/aromatic N) is 2. The first kappa shape index (κ1) is 20.1. The van der Waals surface area contributed by atoms with E-state index in [1.807, 2.05) is 68.6 Å². The Bertz CT molecular complexity index is 1120. The molecule has 0 unspecified atom stereocenters. The Morgan fingerprint density at radius 2 is 1.93 bits per heavy atom. The number of likely N-dealkylation sites (N-methyl/N-ethyl adjacent to an activating group) is 1. The second kappa shape index (κ2) is 7.57. The lowest BCUT2D eigenvalue weighted by Crippen LogP contribution is -2.33. The number of fused-ring (bicyclic) bond motifs is 1. The number of rotatable bonds is 5. The van der Waals surface area contributed by atoms with Crippen molar-refractivity contribution in [2.75, 3.05) is 23.9 Å². The number of hydrogen-bond acceptors (Lipinski definition) is 5. The molecule has 0 fully saturated rings.